The summed E-state index contributed by atoms with van der Waals surface area (Å²) >= 11 is 0. The van der Waals surface area contributed by atoms with Gasteiger partial charge in [-0.25, -0.2) is 13.2 Å². The number of hydrogen-bond donors (Lipinski definition) is 1. The lowest BCUT2D eigenvalue weighted by Crippen LogP contribution is -2.29. The monoisotopic (exact) mass is 488 g/mol. The van der Waals surface area contributed by atoms with Gasteiger partial charge in [0.05, 0.1) is 21.8 Å². The quantitative estimate of drug-likeness (QED) is 0.467. The predicted octanol–water partition coefficient (Wildman–Crippen LogP) is 3.86. The third-order valence-corrected chi connectivity index (χ3v) is 7.30. The van der Waals surface area contributed by atoms with Gasteiger partial charge in [-0.3, -0.25) is 18.8 Å². The fraction of sp³-hybridized carbons (Fsp3) is 0.136. The largest absolute Gasteiger partial charge is 0.439 e. The van der Waals surface area contributed by atoms with Crippen molar-refractivity contribution in [3.8, 4) is 22.6 Å². The molecule has 0 saturated carbocycles. The molecule has 1 aliphatic heterocycles. The highest BCUT2D eigenvalue weighted by atomic mass is 32.2. The van der Waals surface area contributed by atoms with Gasteiger partial charge >= 0.3 is 11.9 Å². The van der Waals surface area contributed by atoms with Crippen LogP contribution < -0.4 is 10.1 Å². The molecule has 1 aliphatic rings. The highest BCUT2D eigenvalue weighted by Gasteiger charge is 2.32. The number of anilines is 1. The smallest absolute Gasteiger partial charge is 0.296 e. The van der Waals surface area contributed by atoms with E-state index in [1.165, 1.54) is 34.6 Å². The first-order chi connectivity index (χ1) is 16.1. The zero-order chi connectivity index (χ0) is 24.1. The number of nitrogens with zero attached hydrogens (tertiary/aromatic N) is 3. The van der Waals surface area contributed by atoms with Gasteiger partial charge < -0.3 is 0 Å². The van der Waals surface area contributed by atoms with Crippen LogP contribution in [0.15, 0.2) is 75.0 Å². The highest BCUT2D eigenvalue weighted by molar-refractivity contribution is 7.92. The van der Waals surface area contributed by atoms with E-state index < -0.39 is 27.5 Å². The zero-order valence-corrected chi connectivity index (χ0v) is 18.0. The van der Waals surface area contributed by atoms with Gasteiger partial charge in [0.1, 0.15) is 0 Å². The molecule has 2 aromatic heterocycles. The molecule has 5 rings (SSSR count). The van der Waals surface area contributed by atoms with Gasteiger partial charge in [-0.1, -0.05) is 11.2 Å². The molecule has 0 saturated heterocycles. The number of alkyl halides is 3. The predicted molar refractivity (Wildman–Crippen MR) is 115 cm³/mol. The van der Waals surface area contributed by atoms with Crippen LogP contribution in [0, 0.1) is 0 Å². The molecule has 2 aromatic carbocycles. The molecule has 0 spiro atoms. The molecule has 4 aromatic rings. The van der Waals surface area contributed by atoms with Crippen molar-refractivity contribution in [2.45, 2.75) is 17.5 Å². The lowest BCUT2D eigenvalue weighted by atomic mass is 10.1. The van der Waals surface area contributed by atoms with Crippen molar-refractivity contribution >= 4 is 15.7 Å². The van der Waals surface area contributed by atoms with Gasteiger partial charge in [-0.2, -0.15) is 13.2 Å². The molecule has 0 aliphatic carbocycles. The summed E-state index contributed by atoms with van der Waals surface area (Å²) in [5, 5.41) is 3.57. The normalized spacial score (nSPS) is 13.8. The summed E-state index contributed by atoms with van der Waals surface area (Å²) < 4.78 is 70.6. The molecular formula is C22H15F3N4O4S. The summed E-state index contributed by atoms with van der Waals surface area (Å²) in [6.45, 7) is 0.222. The van der Waals surface area contributed by atoms with Crippen molar-refractivity contribution in [2.75, 3.05) is 10.8 Å². The summed E-state index contributed by atoms with van der Waals surface area (Å²) in [6, 6.07) is 13.1. The van der Waals surface area contributed by atoms with Crippen molar-refractivity contribution in [3.05, 3.63) is 82.5 Å². The molecular weight excluding hydrogens is 473 g/mol. The number of aromatic nitrogens is 3. The van der Waals surface area contributed by atoms with E-state index in [4.69, 9.17) is 0 Å². The zero-order valence-electron chi connectivity index (χ0n) is 17.2. The Kier molecular flexibility index (Phi) is 5.04. The molecule has 0 atom stereocenters. The number of nitrogens with one attached hydrogen (secondary N) is 1. The Balaban J connectivity index is 1.41. The van der Waals surface area contributed by atoms with Crippen LogP contribution in [0.25, 0.3) is 22.6 Å². The molecule has 34 heavy (non-hydrogen) atoms. The minimum absolute atomic E-state index is 0.0587. The van der Waals surface area contributed by atoms with Crippen LogP contribution in [-0.4, -0.2) is 30.1 Å². The fourth-order valence-corrected chi connectivity index (χ4v) is 5.28. The number of pyridine rings is 1. The minimum Gasteiger partial charge on any atom is -0.296 e. The summed E-state index contributed by atoms with van der Waals surface area (Å²) in [7, 11) is -3.87. The minimum atomic E-state index is -4.47. The summed E-state index contributed by atoms with van der Waals surface area (Å²) in [5.74, 6) is -0.531. The Hall–Kier alpha value is -3.93. The van der Waals surface area contributed by atoms with E-state index in [1.54, 1.807) is 18.2 Å². The Morgan fingerprint density at radius 3 is 2.35 bits per heavy atom. The lowest BCUT2D eigenvalue weighted by molar-refractivity contribution is -0.137. The van der Waals surface area contributed by atoms with Crippen LogP contribution in [0.5, 0.6) is 0 Å². The maximum absolute atomic E-state index is 13.3. The first kappa shape index (κ1) is 21.9. The Morgan fingerprint density at radius 2 is 1.74 bits per heavy atom. The van der Waals surface area contributed by atoms with Crippen LogP contribution in [-0.2, 0) is 22.6 Å². The standard InChI is InChI=1S/C22H15F3N4O4S/c23-22(24,25)16-4-7-18(26-12-16)14-3-8-19-15(11-14)9-10-29(19)34(31,32)17-5-1-13(2-6-17)20-27-21(30)33-28-20/h1-8,11-12H,9-10H2,(H,27,28,30). The van der Waals surface area contributed by atoms with E-state index in [0.717, 1.165) is 17.8 Å². The lowest BCUT2D eigenvalue weighted by Gasteiger charge is -2.20. The van der Waals surface area contributed by atoms with Crippen LogP contribution >= 0.6 is 0 Å². The van der Waals surface area contributed by atoms with Gasteiger partial charge in [0.15, 0.2) is 5.82 Å². The van der Waals surface area contributed by atoms with Crippen molar-refractivity contribution in [1.29, 1.82) is 0 Å². The molecule has 174 valence electrons. The molecule has 0 unspecified atom stereocenters. The van der Waals surface area contributed by atoms with E-state index >= 15 is 0 Å². The van der Waals surface area contributed by atoms with Crippen molar-refractivity contribution in [2.24, 2.45) is 0 Å². The van der Waals surface area contributed by atoms with Gasteiger partial charge in [0, 0.05) is 23.9 Å². The topological polar surface area (TPSA) is 109 Å². The van der Waals surface area contributed by atoms with Crippen molar-refractivity contribution in [3.63, 3.8) is 0 Å². The number of fused-ring (bicyclic) bond motifs is 1. The molecule has 3 heterocycles. The van der Waals surface area contributed by atoms with E-state index in [-0.39, 0.29) is 17.3 Å². The van der Waals surface area contributed by atoms with Crippen LogP contribution in [0.3, 0.4) is 0 Å². The first-order valence-electron chi connectivity index (χ1n) is 9.99. The average Bonchev–Trinajstić information content (AvgIpc) is 3.45. The second kappa shape index (κ2) is 7.83. The number of rotatable bonds is 4. The van der Waals surface area contributed by atoms with Crippen LogP contribution in [0.4, 0.5) is 18.9 Å². The van der Waals surface area contributed by atoms with Crippen molar-refractivity contribution < 1.29 is 26.1 Å². The number of aromatic amines is 1. The van der Waals surface area contributed by atoms with Gasteiger partial charge in [0.2, 0.25) is 0 Å². The Labute approximate surface area is 190 Å². The van der Waals surface area contributed by atoms with Gasteiger partial charge in [-0.05, 0) is 60.5 Å². The molecule has 1 N–H and O–H groups in total. The summed E-state index contributed by atoms with van der Waals surface area (Å²) in [5.41, 5.74) is 1.85. The molecule has 0 fully saturated rings. The second-order valence-electron chi connectivity index (χ2n) is 7.57. The van der Waals surface area contributed by atoms with Gasteiger partial charge in [0.25, 0.3) is 10.0 Å². The number of sulfonamides is 1. The molecule has 0 bridgehead atoms. The summed E-state index contributed by atoms with van der Waals surface area (Å²) in [4.78, 5) is 17.5. The molecule has 0 amide bonds. The molecule has 8 nitrogen and oxygen atoms in total. The Bertz CT molecular complexity index is 1530. The molecule has 0 radical (unpaired) electrons. The third kappa shape index (κ3) is 3.85. The number of hydrogen-bond acceptors (Lipinski definition) is 6. The van der Waals surface area contributed by atoms with Gasteiger partial charge in [-0.15, -0.1) is 0 Å². The number of benzene rings is 2. The highest BCUT2D eigenvalue weighted by Crippen LogP contribution is 2.36. The van der Waals surface area contributed by atoms with E-state index in [0.29, 0.717) is 28.9 Å². The number of H-pyrrole nitrogens is 1. The summed E-state index contributed by atoms with van der Waals surface area (Å²) in [6.07, 6.45) is -3.25. The van der Waals surface area contributed by atoms with E-state index in [9.17, 15) is 26.4 Å². The van der Waals surface area contributed by atoms with E-state index in [1.807, 2.05) is 0 Å². The first-order valence-corrected chi connectivity index (χ1v) is 11.4. The van der Waals surface area contributed by atoms with E-state index in [2.05, 4.69) is 19.6 Å². The molecule has 12 heteroatoms. The average molecular weight is 488 g/mol. The maximum atomic E-state index is 13.3. The second-order valence-corrected chi connectivity index (χ2v) is 9.43. The Morgan fingerprint density at radius 1 is 1.00 bits per heavy atom. The van der Waals surface area contributed by atoms with Crippen molar-refractivity contribution in [1.82, 2.24) is 15.1 Å². The van der Waals surface area contributed by atoms with Crippen LogP contribution in [0.1, 0.15) is 11.1 Å². The third-order valence-electron chi connectivity index (χ3n) is 5.48. The maximum Gasteiger partial charge on any atom is 0.439 e. The SMILES string of the molecule is O=c1[nH]c(-c2ccc(S(=O)(=O)N3CCc4cc(-c5ccc(C(F)(F)F)cn5)ccc43)cc2)no1. The van der Waals surface area contributed by atoms with Crippen LogP contribution in [0.2, 0.25) is 0 Å². The fourth-order valence-electron chi connectivity index (χ4n) is 3.78. The number of halogens is 3.